The molecule has 0 aliphatic heterocycles. The topological polar surface area (TPSA) is 76.8 Å². The fraction of sp³-hybridized carbons (Fsp3) is 0.312. The predicted octanol–water partition coefficient (Wildman–Crippen LogP) is 2.40. The molecule has 0 aromatic carbocycles. The van der Waals surface area contributed by atoms with Crippen LogP contribution in [0.5, 0.6) is 0 Å². The van der Waals surface area contributed by atoms with Crippen LogP contribution < -0.4 is 5.11 Å². The van der Waals surface area contributed by atoms with Gasteiger partial charge in [-0.15, -0.1) is 11.3 Å². The molecular formula is C16H13N2O2S2-. The monoisotopic (exact) mass is 329 g/mol. The van der Waals surface area contributed by atoms with Crippen LogP contribution in [-0.2, 0) is 17.6 Å². The number of aliphatic carboxylic acids is 1. The molecule has 0 saturated heterocycles. The van der Waals surface area contributed by atoms with Crippen molar-refractivity contribution in [2.45, 2.75) is 30.7 Å². The highest BCUT2D eigenvalue weighted by molar-refractivity contribution is 7.99. The van der Waals surface area contributed by atoms with E-state index in [0.717, 1.165) is 59.1 Å². The summed E-state index contributed by atoms with van der Waals surface area (Å²) in [6.45, 7) is 0. The summed E-state index contributed by atoms with van der Waals surface area (Å²) in [5.41, 5.74) is 3.61. The molecule has 0 unspecified atom stereocenters. The van der Waals surface area contributed by atoms with E-state index in [2.05, 4.69) is 11.1 Å². The highest BCUT2D eigenvalue weighted by atomic mass is 32.2. The van der Waals surface area contributed by atoms with Crippen LogP contribution >= 0.6 is 23.1 Å². The Morgan fingerprint density at radius 3 is 2.95 bits per heavy atom. The Bertz CT molecular complexity index is 748. The van der Waals surface area contributed by atoms with Crippen molar-refractivity contribution in [2.75, 3.05) is 5.75 Å². The molecule has 2 aromatic heterocycles. The van der Waals surface area contributed by atoms with Crippen molar-refractivity contribution < 1.29 is 9.90 Å². The summed E-state index contributed by atoms with van der Waals surface area (Å²) in [7, 11) is 0. The minimum atomic E-state index is -1.15. The molecule has 2 heterocycles. The highest BCUT2D eigenvalue weighted by Gasteiger charge is 2.23. The van der Waals surface area contributed by atoms with Crippen LogP contribution in [0.2, 0.25) is 0 Å². The molecular weight excluding hydrogens is 316 g/mol. The largest absolute Gasteiger partial charge is 0.549 e. The number of fused-ring (bicyclic) bond motifs is 1. The summed E-state index contributed by atoms with van der Waals surface area (Å²) < 4.78 is 0. The van der Waals surface area contributed by atoms with Gasteiger partial charge in [0.05, 0.1) is 11.5 Å². The summed E-state index contributed by atoms with van der Waals surface area (Å²) in [5, 5.41) is 22.8. The van der Waals surface area contributed by atoms with Gasteiger partial charge in [0.2, 0.25) is 0 Å². The van der Waals surface area contributed by atoms with E-state index < -0.39 is 5.97 Å². The number of rotatable bonds is 4. The molecule has 4 nitrogen and oxygen atoms in total. The summed E-state index contributed by atoms with van der Waals surface area (Å²) >= 11 is 2.67. The molecule has 2 aromatic rings. The first-order chi connectivity index (χ1) is 10.7. The molecule has 3 rings (SSSR count). The maximum atomic E-state index is 10.7. The van der Waals surface area contributed by atoms with E-state index in [-0.39, 0.29) is 5.75 Å². The van der Waals surface area contributed by atoms with Crippen molar-refractivity contribution in [2.24, 2.45) is 0 Å². The molecule has 0 saturated carbocycles. The maximum Gasteiger partial charge on any atom is 0.115 e. The molecule has 0 N–H and O–H groups in total. The summed E-state index contributed by atoms with van der Waals surface area (Å²) in [6.07, 6.45) is 4.00. The smallest absolute Gasteiger partial charge is 0.115 e. The quantitative estimate of drug-likeness (QED) is 0.805. The standard InChI is InChI=1S/C16H14N2O2S2/c17-8-11-15(13-6-3-7-21-13)10-4-1-2-5-12(10)18-16(11)22-9-14(19)20/h3,6-7H,1-2,4-5,9H2,(H,19,20)/p-1. The second-order valence-electron chi connectivity index (χ2n) is 5.05. The lowest BCUT2D eigenvalue weighted by molar-refractivity contribution is -0.301. The van der Waals surface area contributed by atoms with Crippen LogP contribution in [0.15, 0.2) is 22.5 Å². The van der Waals surface area contributed by atoms with Gasteiger partial charge in [0, 0.05) is 21.9 Å². The second kappa shape index (κ2) is 6.51. The van der Waals surface area contributed by atoms with Crippen molar-refractivity contribution in [1.29, 1.82) is 5.26 Å². The van der Waals surface area contributed by atoms with Gasteiger partial charge in [-0.3, -0.25) is 0 Å². The molecule has 6 heteroatoms. The Morgan fingerprint density at radius 2 is 2.27 bits per heavy atom. The number of aryl methyl sites for hydroxylation is 1. The van der Waals surface area contributed by atoms with Gasteiger partial charge in [-0.05, 0) is 42.7 Å². The summed E-state index contributed by atoms with van der Waals surface area (Å²) in [5.74, 6) is -1.34. The first kappa shape index (κ1) is 15.1. The Hall–Kier alpha value is -1.84. The molecule has 0 fully saturated rings. The number of nitriles is 1. The Labute approximate surface area is 136 Å². The van der Waals surface area contributed by atoms with Crippen molar-refractivity contribution in [3.05, 3.63) is 34.3 Å². The number of hydrogen-bond acceptors (Lipinski definition) is 6. The Balaban J connectivity index is 2.18. The lowest BCUT2D eigenvalue weighted by atomic mass is 9.89. The van der Waals surface area contributed by atoms with Gasteiger partial charge in [-0.25, -0.2) is 4.98 Å². The van der Waals surface area contributed by atoms with Crippen LogP contribution in [0, 0.1) is 11.3 Å². The van der Waals surface area contributed by atoms with Crippen LogP contribution in [0.4, 0.5) is 0 Å². The van der Waals surface area contributed by atoms with Crippen LogP contribution in [0.1, 0.15) is 29.7 Å². The van der Waals surface area contributed by atoms with Gasteiger partial charge in [-0.1, -0.05) is 17.8 Å². The van der Waals surface area contributed by atoms with E-state index in [0.29, 0.717) is 10.6 Å². The number of carbonyl (C=O) groups is 1. The zero-order chi connectivity index (χ0) is 15.5. The molecule has 0 radical (unpaired) electrons. The third-order valence-electron chi connectivity index (χ3n) is 3.65. The highest BCUT2D eigenvalue weighted by Crippen LogP contribution is 2.39. The molecule has 1 aliphatic rings. The number of thiophene rings is 1. The van der Waals surface area contributed by atoms with Gasteiger partial charge in [0.25, 0.3) is 0 Å². The first-order valence-electron chi connectivity index (χ1n) is 7.03. The van der Waals surface area contributed by atoms with Crippen molar-refractivity contribution in [3.8, 4) is 16.5 Å². The fourth-order valence-electron chi connectivity index (χ4n) is 2.75. The summed E-state index contributed by atoms with van der Waals surface area (Å²) in [6, 6.07) is 6.20. The van der Waals surface area contributed by atoms with E-state index in [9.17, 15) is 15.2 Å². The Kier molecular flexibility index (Phi) is 4.46. The lowest BCUT2D eigenvalue weighted by Gasteiger charge is -2.21. The number of pyridine rings is 1. The average Bonchev–Trinajstić information content (AvgIpc) is 3.05. The molecule has 0 bridgehead atoms. The third-order valence-corrected chi connectivity index (χ3v) is 5.48. The van der Waals surface area contributed by atoms with E-state index in [1.54, 1.807) is 11.3 Å². The van der Waals surface area contributed by atoms with Crippen molar-refractivity contribution in [3.63, 3.8) is 0 Å². The SMILES string of the molecule is N#Cc1c(SCC(=O)[O-])nc2c(c1-c1cccs1)CCCC2. The van der Waals surface area contributed by atoms with Gasteiger partial charge in [-0.2, -0.15) is 5.26 Å². The van der Waals surface area contributed by atoms with E-state index >= 15 is 0 Å². The van der Waals surface area contributed by atoms with Gasteiger partial charge >= 0.3 is 0 Å². The predicted molar refractivity (Wildman–Crippen MR) is 84.6 cm³/mol. The molecule has 0 amide bonds. The van der Waals surface area contributed by atoms with E-state index in [1.807, 2.05) is 17.5 Å². The van der Waals surface area contributed by atoms with E-state index in [1.165, 1.54) is 0 Å². The molecule has 0 atom stereocenters. The number of carboxylic acids is 1. The minimum Gasteiger partial charge on any atom is -0.549 e. The Morgan fingerprint density at radius 1 is 1.45 bits per heavy atom. The average molecular weight is 329 g/mol. The first-order valence-corrected chi connectivity index (χ1v) is 8.89. The van der Waals surface area contributed by atoms with Gasteiger partial charge in [0.1, 0.15) is 11.1 Å². The number of nitrogens with zero attached hydrogens (tertiary/aromatic N) is 2. The summed E-state index contributed by atoms with van der Waals surface area (Å²) in [4.78, 5) is 16.4. The van der Waals surface area contributed by atoms with Crippen LogP contribution in [-0.4, -0.2) is 16.7 Å². The minimum absolute atomic E-state index is 0.190. The normalized spacial score (nSPS) is 13.4. The number of carboxylic acid groups (broad SMARTS) is 1. The number of aromatic nitrogens is 1. The zero-order valence-corrected chi connectivity index (χ0v) is 13.4. The van der Waals surface area contributed by atoms with Crippen molar-refractivity contribution >= 4 is 29.1 Å². The van der Waals surface area contributed by atoms with Crippen LogP contribution in [0.3, 0.4) is 0 Å². The lowest BCUT2D eigenvalue weighted by Crippen LogP contribution is -2.24. The number of hydrogen-bond donors (Lipinski definition) is 0. The third kappa shape index (κ3) is 2.87. The molecule has 112 valence electrons. The molecule has 0 spiro atoms. The second-order valence-corrected chi connectivity index (χ2v) is 6.96. The maximum absolute atomic E-state index is 10.7. The number of thioether (sulfide) groups is 1. The fourth-order valence-corrected chi connectivity index (χ4v) is 4.27. The number of carbonyl (C=O) groups excluding carboxylic acids is 1. The zero-order valence-electron chi connectivity index (χ0n) is 11.8. The van der Waals surface area contributed by atoms with Crippen molar-refractivity contribution in [1.82, 2.24) is 4.98 Å². The molecule has 1 aliphatic carbocycles. The van der Waals surface area contributed by atoms with Gasteiger partial charge < -0.3 is 9.90 Å². The molecule has 22 heavy (non-hydrogen) atoms. The van der Waals surface area contributed by atoms with Crippen LogP contribution in [0.25, 0.3) is 10.4 Å². The van der Waals surface area contributed by atoms with Gasteiger partial charge in [0.15, 0.2) is 0 Å². The van der Waals surface area contributed by atoms with E-state index in [4.69, 9.17) is 0 Å².